The van der Waals surface area contributed by atoms with Crippen LogP contribution in [0.15, 0.2) is 60.8 Å². The van der Waals surface area contributed by atoms with Crippen LogP contribution in [0.3, 0.4) is 0 Å². The fraction of sp³-hybridized carbons (Fsp3) is 0.150. The van der Waals surface area contributed by atoms with Crippen LogP contribution in [0.1, 0.15) is 22.8 Å². The number of aryl methyl sites for hydroxylation is 1. The molecule has 0 saturated heterocycles. The Morgan fingerprint density at radius 1 is 1.15 bits per heavy atom. The molecular weight excluding hydrogens is 326 g/mol. The number of rotatable bonds is 6. The number of aromatic nitrogens is 2. The van der Waals surface area contributed by atoms with Crippen LogP contribution in [-0.2, 0) is 0 Å². The molecule has 0 fully saturated rings. The van der Waals surface area contributed by atoms with Crippen LogP contribution >= 0.6 is 0 Å². The van der Waals surface area contributed by atoms with Crippen molar-refractivity contribution in [2.75, 3.05) is 17.2 Å². The standard InChI is InChI=1S/C20H19N5O/c1-14-5-2-3-8-17(14)18(26)13-23-19-9-10-22-20(25-19)24-16-7-4-6-15(11-16)12-21/h2-11,18,26H,13H2,1H3,(H2,22,23,24,25). The van der Waals surface area contributed by atoms with Crippen molar-refractivity contribution in [2.24, 2.45) is 0 Å². The summed E-state index contributed by atoms with van der Waals surface area (Å²) in [6.45, 7) is 2.31. The van der Waals surface area contributed by atoms with Crippen molar-refractivity contribution in [1.29, 1.82) is 5.26 Å². The third kappa shape index (κ3) is 4.35. The van der Waals surface area contributed by atoms with Gasteiger partial charge in [-0.1, -0.05) is 30.3 Å². The Morgan fingerprint density at radius 3 is 2.81 bits per heavy atom. The van der Waals surface area contributed by atoms with E-state index in [9.17, 15) is 5.11 Å². The second-order valence-electron chi connectivity index (χ2n) is 5.84. The minimum Gasteiger partial charge on any atom is -0.387 e. The van der Waals surface area contributed by atoms with E-state index in [2.05, 4.69) is 26.7 Å². The van der Waals surface area contributed by atoms with E-state index in [1.165, 1.54) is 0 Å². The monoisotopic (exact) mass is 345 g/mol. The zero-order valence-corrected chi connectivity index (χ0v) is 14.3. The molecule has 26 heavy (non-hydrogen) atoms. The summed E-state index contributed by atoms with van der Waals surface area (Å²) in [7, 11) is 0. The lowest BCUT2D eigenvalue weighted by Gasteiger charge is -2.15. The molecule has 0 radical (unpaired) electrons. The zero-order valence-electron chi connectivity index (χ0n) is 14.3. The maximum atomic E-state index is 10.4. The van der Waals surface area contributed by atoms with Gasteiger partial charge in [-0.2, -0.15) is 10.2 Å². The van der Waals surface area contributed by atoms with Crippen LogP contribution in [-0.4, -0.2) is 21.6 Å². The zero-order chi connectivity index (χ0) is 18.4. The molecule has 3 aromatic rings. The number of aliphatic hydroxyl groups excluding tert-OH is 1. The predicted octanol–water partition coefficient (Wildman–Crippen LogP) is 3.55. The number of aliphatic hydroxyl groups is 1. The first-order valence-electron chi connectivity index (χ1n) is 8.23. The van der Waals surface area contributed by atoms with Gasteiger partial charge in [0.05, 0.1) is 17.7 Å². The summed E-state index contributed by atoms with van der Waals surface area (Å²) in [5.41, 5.74) is 3.23. The Kier molecular flexibility index (Phi) is 5.42. The van der Waals surface area contributed by atoms with Gasteiger partial charge in [0.15, 0.2) is 0 Å². The Morgan fingerprint density at radius 2 is 2.00 bits per heavy atom. The average Bonchev–Trinajstić information content (AvgIpc) is 2.67. The second kappa shape index (κ2) is 8.10. The quantitative estimate of drug-likeness (QED) is 0.632. The van der Waals surface area contributed by atoms with Gasteiger partial charge in [0.25, 0.3) is 0 Å². The molecule has 3 rings (SSSR count). The smallest absolute Gasteiger partial charge is 0.229 e. The van der Waals surface area contributed by atoms with E-state index in [1.807, 2.05) is 37.3 Å². The number of hydrogen-bond acceptors (Lipinski definition) is 6. The summed E-state index contributed by atoms with van der Waals surface area (Å²) < 4.78 is 0. The van der Waals surface area contributed by atoms with Crippen LogP contribution in [0.5, 0.6) is 0 Å². The number of nitriles is 1. The molecule has 6 heteroatoms. The molecule has 0 aliphatic heterocycles. The number of benzene rings is 2. The Bertz CT molecular complexity index is 935. The maximum Gasteiger partial charge on any atom is 0.229 e. The summed E-state index contributed by atoms with van der Waals surface area (Å²) in [6, 6.07) is 18.7. The van der Waals surface area contributed by atoms with Crippen molar-refractivity contribution in [3.8, 4) is 6.07 Å². The summed E-state index contributed by atoms with van der Waals surface area (Å²) in [5, 5.41) is 25.5. The molecule has 1 atom stereocenters. The van der Waals surface area contributed by atoms with Gasteiger partial charge in [0, 0.05) is 18.4 Å². The number of hydrogen-bond donors (Lipinski definition) is 3. The van der Waals surface area contributed by atoms with Crippen LogP contribution in [0.2, 0.25) is 0 Å². The average molecular weight is 345 g/mol. The summed E-state index contributed by atoms with van der Waals surface area (Å²) >= 11 is 0. The third-order valence-corrected chi connectivity index (χ3v) is 3.93. The first kappa shape index (κ1) is 17.4. The molecule has 0 bridgehead atoms. The number of nitrogens with one attached hydrogen (secondary N) is 2. The molecule has 1 unspecified atom stereocenters. The SMILES string of the molecule is Cc1ccccc1C(O)CNc1ccnc(Nc2cccc(C#N)c2)n1. The second-order valence-corrected chi connectivity index (χ2v) is 5.84. The molecule has 130 valence electrons. The van der Waals surface area contributed by atoms with Gasteiger partial charge in [0.2, 0.25) is 5.95 Å². The van der Waals surface area contributed by atoms with Crippen LogP contribution < -0.4 is 10.6 Å². The van der Waals surface area contributed by atoms with Gasteiger partial charge in [-0.05, 0) is 42.3 Å². The van der Waals surface area contributed by atoms with Crippen LogP contribution in [0.25, 0.3) is 0 Å². The fourth-order valence-electron chi connectivity index (χ4n) is 2.58. The van der Waals surface area contributed by atoms with Crippen molar-refractivity contribution >= 4 is 17.5 Å². The van der Waals surface area contributed by atoms with E-state index in [0.29, 0.717) is 23.9 Å². The topological polar surface area (TPSA) is 93.9 Å². The molecular formula is C20H19N5O. The molecule has 0 aliphatic rings. The molecule has 3 N–H and O–H groups in total. The number of anilines is 3. The summed E-state index contributed by atoms with van der Waals surface area (Å²) in [5.74, 6) is 1.02. The molecule has 6 nitrogen and oxygen atoms in total. The van der Waals surface area contributed by atoms with Crippen molar-refractivity contribution in [3.05, 3.63) is 77.5 Å². The lowest BCUT2D eigenvalue weighted by atomic mass is 10.0. The van der Waals surface area contributed by atoms with Crippen molar-refractivity contribution in [2.45, 2.75) is 13.0 Å². The van der Waals surface area contributed by atoms with E-state index in [-0.39, 0.29) is 0 Å². The highest BCUT2D eigenvalue weighted by Crippen LogP contribution is 2.19. The molecule has 0 aliphatic carbocycles. The van der Waals surface area contributed by atoms with Crippen LogP contribution in [0.4, 0.5) is 17.5 Å². The van der Waals surface area contributed by atoms with Gasteiger partial charge >= 0.3 is 0 Å². The van der Waals surface area contributed by atoms with E-state index in [4.69, 9.17) is 5.26 Å². The van der Waals surface area contributed by atoms with E-state index >= 15 is 0 Å². The molecule has 0 amide bonds. The third-order valence-electron chi connectivity index (χ3n) is 3.93. The summed E-state index contributed by atoms with van der Waals surface area (Å²) in [6.07, 6.45) is 1.00. The van der Waals surface area contributed by atoms with Crippen LogP contribution in [0, 0.1) is 18.3 Å². The van der Waals surface area contributed by atoms with Gasteiger partial charge in [0.1, 0.15) is 5.82 Å². The highest BCUT2D eigenvalue weighted by Gasteiger charge is 2.10. The van der Waals surface area contributed by atoms with Crippen molar-refractivity contribution < 1.29 is 5.11 Å². The van der Waals surface area contributed by atoms with Crippen molar-refractivity contribution in [1.82, 2.24) is 9.97 Å². The lowest BCUT2D eigenvalue weighted by Crippen LogP contribution is -2.14. The van der Waals surface area contributed by atoms with Gasteiger partial charge < -0.3 is 15.7 Å². The van der Waals surface area contributed by atoms with E-state index in [1.54, 1.807) is 30.5 Å². The Labute approximate surface area is 152 Å². The first-order chi connectivity index (χ1) is 12.7. The Hall–Kier alpha value is -3.43. The van der Waals surface area contributed by atoms with Crippen molar-refractivity contribution in [3.63, 3.8) is 0 Å². The summed E-state index contributed by atoms with van der Waals surface area (Å²) in [4.78, 5) is 8.57. The molecule has 1 aromatic heterocycles. The predicted molar refractivity (Wildman–Crippen MR) is 101 cm³/mol. The largest absolute Gasteiger partial charge is 0.387 e. The molecule has 1 heterocycles. The minimum absolute atomic E-state index is 0.339. The lowest BCUT2D eigenvalue weighted by molar-refractivity contribution is 0.191. The normalized spacial score (nSPS) is 11.4. The molecule has 0 spiro atoms. The molecule has 0 saturated carbocycles. The Balaban J connectivity index is 1.66. The fourth-order valence-corrected chi connectivity index (χ4v) is 2.58. The van der Waals surface area contributed by atoms with Gasteiger partial charge in [-0.15, -0.1) is 0 Å². The van der Waals surface area contributed by atoms with E-state index < -0.39 is 6.10 Å². The minimum atomic E-state index is -0.630. The first-order valence-corrected chi connectivity index (χ1v) is 8.23. The highest BCUT2D eigenvalue weighted by atomic mass is 16.3. The maximum absolute atomic E-state index is 10.4. The number of nitrogens with zero attached hydrogens (tertiary/aromatic N) is 3. The molecule has 2 aromatic carbocycles. The van der Waals surface area contributed by atoms with Gasteiger partial charge in [-0.25, -0.2) is 4.98 Å². The van der Waals surface area contributed by atoms with Gasteiger partial charge in [-0.3, -0.25) is 0 Å². The van der Waals surface area contributed by atoms with E-state index in [0.717, 1.165) is 16.8 Å². The highest BCUT2D eigenvalue weighted by molar-refractivity contribution is 5.57.